The molecule has 4 heteroatoms. The van der Waals surface area contributed by atoms with E-state index in [2.05, 4.69) is 61.3 Å². The molecule has 0 saturated heterocycles. The molecule has 24 heavy (non-hydrogen) atoms. The van der Waals surface area contributed by atoms with Crippen molar-refractivity contribution >= 4 is 17.3 Å². The van der Waals surface area contributed by atoms with E-state index in [1.165, 1.54) is 5.56 Å². The van der Waals surface area contributed by atoms with Gasteiger partial charge in [0.2, 0.25) is 5.91 Å². The van der Waals surface area contributed by atoms with Gasteiger partial charge < -0.3 is 10.2 Å². The van der Waals surface area contributed by atoms with E-state index in [0.717, 1.165) is 5.69 Å². The molecule has 4 nitrogen and oxygen atoms in total. The summed E-state index contributed by atoms with van der Waals surface area (Å²) in [6, 6.07) is 17.7. The van der Waals surface area contributed by atoms with Gasteiger partial charge in [0.25, 0.3) is 0 Å². The largest absolute Gasteiger partial charge is 0.369 e. The van der Waals surface area contributed by atoms with Gasteiger partial charge >= 0.3 is 0 Å². The highest BCUT2D eigenvalue weighted by molar-refractivity contribution is 5.92. The van der Waals surface area contributed by atoms with E-state index in [1.54, 1.807) is 18.2 Å². The van der Waals surface area contributed by atoms with Crippen molar-refractivity contribution in [1.29, 1.82) is 5.26 Å². The van der Waals surface area contributed by atoms with Crippen LogP contribution < -0.4 is 10.2 Å². The molecule has 0 heterocycles. The number of anilines is 2. The molecule has 0 aliphatic rings. The molecule has 124 valence electrons. The Balaban J connectivity index is 2.00. The number of para-hydroxylation sites is 1. The number of nitrogens with one attached hydrogen (secondary N) is 1. The van der Waals surface area contributed by atoms with Crippen molar-refractivity contribution in [2.45, 2.75) is 33.2 Å². The fourth-order valence-electron chi connectivity index (χ4n) is 2.55. The number of carbonyl (C=O) groups is 1. The molecular weight excluding hydrogens is 298 g/mol. The molecule has 0 radical (unpaired) electrons. The normalized spacial score (nSPS) is 10.3. The Labute approximate surface area is 143 Å². The van der Waals surface area contributed by atoms with Crippen LogP contribution in [0.4, 0.5) is 11.4 Å². The van der Waals surface area contributed by atoms with Crippen molar-refractivity contribution in [3.05, 3.63) is 59.7 Å². The lowest BCUT2D eigenvalue weighted by atomic mass is 10.1. The van der Waals surface area contributed by atoms with Gasteiger partial charge in [0.05, 0.1) is 11.3 Å². The summed E-state index contributed by atoms with van der Waals surface area (Å²) in [6.07, 6.45) is 0.367. The van der Waals surface area contributed by atoms with E-state index >= 15 is 0 Å². The van der Waals surface area contributed by atoms with E-state index in [9.17, 15) is 4.79 Å². The van der Waals surface area contributed by atoms with Gasteiger partial charge in [-0.15, -0.1) is 0 Å². The number of rotatable bonds is 6. The Morgan fingerprint density at radius 2 is 1.83 bits per heavy atom. The Kier molecular flexibility index (Phi) is 5.97. The van der Waals surface area contributed by atoms with Crippen LogP contribution in [0.2, 0.25) is 0 Å². The molecule has 2 aromatic carbocycles. The van der Waals surface area contributed by atoms with E-state index in [-0.39, 0.29) is 5.91 Å². The van der Waals surface area contributed by atoms with Gasteiger partial charge in [-0.2, -0.15) is 5.26 Å². The average molecular weight is 321 g/mol. The van der Waals surface area contributed by atoms with Crippen LogP contribution >= 0.6 is 0 Å². The lowest BCUT2D eigenvalue weighted by Gasteiger charge is -2.29. The molecule has 0 unspecified atom stereocenters. The molecule has 1 N–H and O–H groups in total. The molecule has 0 spiro atoms. The SMILES string of the molecule is Cc1ccc(N(CCC(=O)Nc2ccccc2C#N)C(C)C)cc1. The second kappa shape index (κ2) is 8.16. The van der Waals surface area contributed by atoms with Crippen molar-refractivity contribution in [3.63, 3.8) is 0 Å². The smallest absolute Gasteiger partial charge is 0.226 e. The summed E-state index contributed by atoms with van der Waals surface area (Å²) in [4.78, 5) is 14.4. The molecule has 0 aliphatic heterocycles. The number of hydrogen-bond donors (Lipinski definition) is 1. The Morgan fingerprint density at radius 1 is 1.17 bits per heavy atom. The maximum absolute atomic E-state index is 12.2. The second-order valence-corrected chi connectivity index (χ2v) is 6.08. The zero-order valence-corrected chi connectivity index (χ0v) is 14.4. The maximum Gasteiger partial charge on any atom is 0.226 e. The predicted molar refractivity (Wildman–Crippen MR) is 98.1 cm³/mol. The van der Waals surface area contributed by atoms with Gasteiger partial charge in [0.15, 0.2) is 0 Å². The monoisotopic (exact) mass is 321 g/mol. The predicted octanol–water partition coefficient (Wildman–Crippen LogP) is 4.11. The zero-order chi connectivity index (χ0) is 17.5. The summed E-state index contributed by atoms with van der Waals surface area (Å²) >= 11 is 0. The molecular formula is C20H23N3O. The van der Waals surface area contributed by atoms with Crippen LogP contribution in [0.15, 0.2) is 48.5 Å². The summed E-state index contributed by atoms with van der Waals surface area (Å²) in [6.45, 7) is 6.91. The van der Waals surface area contributed by atoms with Crippen LogP contribution in [0.1, 0.15) is 31.4 Å². The summed E-state index contributed by atoms with van der Waals surface area (Å²) in [7, 11) is 0. The summed E-state index contributed by atoms with van der Waals surface area (Å²) in [5.41, 5.74) is 3.37. The highest BCUT2D eigenvalue weighted by Gasteiger charge is 2.13. The fourth-order valence-corrected chi connectivity index (χ4v) is 2.55. The Bertz CT molecular complexity index is 729. The first-order valence-electron chi connectivity index (χ1n) is 8.13. The minimum atomic E-state index is -0.0875. The molecule has 0 aromatic heterocycles. The highest BCUT2D eigenvalue weighted by Crippen LogP contribution is 2.19. The number of hydrogen-bond acceptors (Lipinski definition) is 3. The van der Waals surface area contributed by atoms with E-state index in [0.29, 0.717) is 30.3 Å². The second-order valence-electron chi connectivity index (χ2n) is 6.08. The molecule has 0 atom stereocenters. The third-order valence-corrected chi connectivity index (χ3v) is 3.89. The maximum atomic E-state index is 12.2. The molecule has 1 amide bonds. The molecule has 0 bridgehead atoms. The molecule has 2 rings (SSSR count). The van der Waals surface area contributed by atoms with Gasteiger partial charge in [-0.3, -0.25) is 4.79 Å². The first-order chi connectivity index (χ1) is 11.5. The number of aryl methyl sites for hydroxylation is 1. The highest BCUT2D eigenvalue weighted by atomic mass is 16.1. The van der Waals surface area contributed by atoms with Gasteiger partial charge in [0, 0.05) is 24.7 Å². The van der Waals surface area contributed by atoms with E-state index in [4.69, 9.17) is 5.26 Å². The van der Waals surface area contributed by atoms with Gasteiger partial charge in [-0.05, 0) is 45.0 Å². The Morgan fingerprint density at radius 3 is 2.46 bits per heavy atom. The quantitative estimate of drug-likeness (QED) is 0.871. The number of amides is 1. The minimum absolute atomic E-state index is 0.0875. The van der Waals surface area contributed by atoms with Crippen LogP contribution in [0, 0.1) is 18.3 Å². The van der Waals surface area contributed by atoms with Crippen LogP contribution in [-0.2, 0) is 4.79 Å². The van der Waals surface area contributed by atoms with Crippen molar-refractivity contribution in [2.24, 2.45) is 0 Å². The summed E-state index contributed by atoms with van der Waals surface area (Å²) in [5.74, 6) is -0.0875. The average Bonchev–Trinajstić information content (AvgIpc) is 2.57. The van der Waals surface area contributed by atoms with Gasteiger partial charge in [-0.1, -0.05) is 29.8 Å². The standard InChI is InChI=1S/C20H23N3O/c1-15(2)23(18-10-8-16(3)9-11-18)13-12-20(24)22-19-7-5-4-6-17(19)14-21/h4-11,15H,12-13H2,1-3H3,(H,22,24). The van der Waals surface area contributed by atoms with Gasteiger partial charge in [-0.25, -0.2) is 0 Å². The van der Waals surface area contributed by atoms with Crippen molar-refractivity contribution in [2.75, 3.05) is 16.8 Å². The number of nitriles is 1. The third kappa shape index (κ3) is 4.60. The lowest BCUT2D eigenvalue weighted by Crippen LogP contribution is -2.33. The Hall–Kier alpha value is -2.80. The van der Waals surface area contributed by atoms with Crippen LogP contribution in [0.3, 0.4) is 0 Å². The molecule has 0 fully saturated rings. The first-order valence-corrected chi connectivity index (χ1v) is 8.13. The van der Waals surface area contributed by atoms with E-state index in [1.807, 2.05) is 6.07 Å². The summed E-state index contributed by atoms with van der Waals surface area (Å²) < 4.78 is 0. The number of benzene rings is 2. The van der Waals surface area contributed by atoms with Crippen molar-refractivity contribution in [3.8, 4) is 6.07 Å². The molecule has 0 saturated carbocycles. The van der Waals surface area contributed by atoms with Crippen LogP contribution in [0.25, 0.3) is 0 Å². The zero-order valence-electron chi connectivity index (χ0n) is 14.4. The topological polar surface area (TPSA) is 56.1 Å². The molecule has 2 aromatic rings. The van der Waals surface area contributed by atoms with E-state index < -0.39 is 0 Å². The first kappa shape index (κ1) is 17.6. The number of carbonyl (C=O) groups excluding carboxylic acids is 1. The molecule has 0 aliphatic carbocycles. The minimum Gasteiger partial charge on any atom is -0.369 e. The van der Waals surface area contributed by atoms with Gasteiger partial charge in [0.1, 0.15) is 6.07 Å². The van der Waals surface area contributed by atoms with Crippen LogP contribution in [-0.4, -0.2) is 18.5 Å². The summed E-state index contributed by atoms with van der Waals surface area (Å²) in [5, 5.41) is 11.9. The third-order valence-electron chi connectivity index (χ3n) is 3.89. The fraction of sp³-hybridized carbons (Fsp3) is 0.300. The lowest BCUT2D eigenvalue weighted by molar-refractivity contribution is -0.116. The number of nitrogens with zero attached hydrogens (tertiary/aromatic N) is 2. The van der Waals surface area contributed by atoms with Crippen molar-refractivity contribution in [1.82, 2.24) is 0 Å². The van der Waals surface area contributed by atoms with Crippen molar-refractivity contribution < 1.29 is 4.79 Å². The van der Waals surface area contributed by atoms with Crippen LogP contribution in [0.5, 0.6) is 0 Å².